The van der Waals surface area contributed by atoms with E-state index in [1.54, 1.807) is 19.1 Å². The summed E-state index contributed by atoms with van der Waals surface area (Å²) < 4.78 is 43.5. The maximum Gasteiger partial charge on any atom is 0.522 e. The lowest BCUT2D eigenvalue weighted by atomic mass is 10.1. The van der Waals surface area contributed by atoms with Crippen LogP contribution in [0.2, 0.25) is 5.02 Å². The van der Waals surface area contributed by atoms with Gasteiger partial charge in [-0.25, -0.2) is 9.67 Å². The Labute approximate surface area is 220 Å². The predicted octanol–water partition coefficient (Wildman–Crippen LogP) is 3.13. The molecular formula is C24H23ClF3N7O3. The fraction of sp³-hybridized carbons (Fsp3) is 0.333. The van der Waals surface area contributed by atoms with E-state index in [0.717, 1.165) is 11.6 Å². The van der Waals surface area contributed by atoms with E-state index in [1.807, 2.05) is 0 Å². The second-order valence-corrected chi connectivity index (χ2v) is 8.95. The average molecular weight is 550 g/mol. The number of alkyl halides is 3. The molecule has 2 aromatic heterocycles. The molecule has 1 saturated heterocycles. The molecule has 1 fully saturated rings. The van der Waals surface area contributed by atoms with Gasteiger partial charge in [-0.1, -0.05) is 24.1 Å². The number of ether oxygens (including phenoxy) is 1. The second-order valence-electron chi connectivity index (χ2n) is 8.55. The van der Waals surface area contributed by atoms with E-state index in [4.69, 9.17) is 17.3 Å². The van der Waals surface area contributed by atoms with E-state index in [-0.39, 0.29) is 30.0 Å². The van der Waals surface area contributed by atoms with Crippen molar-refractivity contribution in [3.05, 3.63) is 52.5 Å². The first kappa shape index (κ1) is 27.0. The fourth-order valence-electron chi connectivity index (χ4n) is 4.44. The largest absolute Gasteiger partial charge is 0.522 e. The molecule has 0 radical (unpaired) electrons. The minimum atomic E-state index is -4.86. The van der Waals surface area contributed by atoms with Gasteiger partial charge < -0.3 is 20.9 Å². The number of halogens is 4. The molecule has 14 heteroatoms. The number of nitrogens with one attached hydrogen (secondary N) is 2. The first-order chi connectivity index (χ1) is 17.9. The number of imidazole rings is 1. The summed E-state index contributed by atoms with van der Waals surface area (Å²) in [5.74, 6) is 5.26. The number of amides is 2. The molecule has 4 N–H and O–H groups in total. The molecule has 1 aromatic carbocycles. The van der Waals surface area contributed by atoms with Crippen LogP contribution in [0.15, 0.2) is 24.8 Å². The Bertz CT molecular complexity index is 1490. The van der Waals surface area contributed by atoms with Crippen LogP contribution in [0.4, 0.5) is 19.0 Å². The summed E-state index contributed by atoms with van der Waals surface area (Å²) in [5.41, 5.74) is 7.49. The van der Waals surface area contributed by atoms with Crippen LogP contribution in [-0.4, -0.2) is 69.1 Å². The van der Waals surface area contributed by atoms with Crippen LogP contribution in [0.1, 0.15) is 39.9 Å². The van der Waals surface area contributed by atoms with Gasteiger partial charge >= 0.3 is 6.36 Å². The summed E-state index contributed by atoms with van der Waals surface area (Å²) in [5, 5.41) is 7.66. The topological polar surface area (TPSA) is 131 Å². The van der Waals surface area contributed by atoms with Crippen molar-refractivity contribution in [1.29, 1.82) is 0 Å². The monoisotopic (exact) mass is 549 g/mol. The van der Waals surface area contributed by atoms with Crippen molar-refractivity contribution < 1.29 is 27.5 Å². The number of nitrogens with two attached hydrogens (primary N) is 1. The molecule has 10 nitrogen and oxygen atoms in total. The van der Waals surface area contributed by atoms with Crippen molar-refractivity contribution in [2.45, 2.75) is 31.8 Å². The lowest BCUT2D eigenvalue weighted by Gasteiger charge is -2.23. The Hall–Kier alpha value is -4.02. The van der Waals surface area contributed by atoms with Gasteiger partial charge in [-0.15, -0.1) is 13.2 Å². The van der Waals surface area contributed by atoms with Crippen LogP contribution in [0.5, 0.6) is 0 Å². The smallest absolute Gasteiger partial charge is 0.373 e. The summed E-state index contributed by atoms with van der Waals surface area (Å²) >= 11 is 6.37. The fourth-order valence-corrected chi connectivity index (χ4v) is 4.66. The minimum Gasteiger partial charge on any atom is -0.373 e. The third-order valence-corrected chi connectivity index (χ3v) is 6.35. The molecule has 0 saturated carbocycles. The van der Waals surface area contributed by atoms with Gasteiger partial charge in [0.1, 0.15) is 17.2 Å². The van der Waals surface area contributed by atoms with Crippen molar-refractivity contribution in [3.63, 3.8) is 0 Å². The molecule has 3 heterocycles. The zero-order valence-electron chi connectivity index (χ0n) is 20.3. The third-order valence-electron chi connectivity index (χ3n) is 6.03. The van der Waals surface area contributed by atoms with Crippen LogP contribution in [0, 0.1) is 18.8 Å². The molecule has 2 atom stereocenters. The zero-order chi connectivity index (χ0) is 27.8. The molecular weight excluding hydrogens is 527 g/mol. The normalized spacial score (nSPS) is 17.4. The lowest BCUT2D eigenvalue weighted by molar-refractivity contribution is -0.327. The molecule has 2 amide bonds. The van der Waals surface area contributed by atoms with Crippen LogP contribution in [-0.2, 0) is 9.53 Å². The van der Waals surface area contributed by atoms with Gasteiger partial charge in [-0.05, 0) is 37.5 Å². The van der Waals surface area contributed by atoms with Crippen molar-refractivity contribution >= 4 is 40.3 Å². The Morgan fingerprint density at radius 3 is 2.76 bits per heavy atom. The summed E-state index contributed by atoms with van der Waals surface area (Å²) in [6.07, 6.45) is -3.78. The molecule has 0 unspecified atom stereocenters. The van der Waals surface area contributed by atoms with Gasteiger partial charge in [0, 0.05) is 19.2 Å². The van der Waals surface area contributed by atoms with Crippen molar-refractivity contribution in [2.75, 3.05) is 25.5 Å². The third kappa shape index (κ3) is 5.46. The number of likely N-dealkylation sites (tertiary alicyclic amines) is 1. The molecule has 1 aliphatic rings. The van der Waals surface area contributed by atoms with Crippen molar-refractivity contribution in [1.82, 2.24) is 24.6 Å². The number of H-pyrrole nitrogens is 1. The van der Waals surface area contributed by atoms with Gasteiger partial charge in [0.25, 0.3) is 5.91 Å². The Balaban J connectivity index is 1.72. The van der Waals surface area contributed by atoms with E-state index in [2.05, 4.69) is 43.5 Å². The van der Waals surface area contributed by atoms with Crippen LogP contribution in [0.25, 0.3) is 11.0 Å². The van der Waals surface area contributed by atoms with Gasteiger partial charge in [-0.2, -0.15) is 5.10 Å². The summed E-state index contributed by atoms with van der Waals surface area (Å²) in [6.45, 7) is 4.45. The molecule has 200 valence electrons. The highest BCUT2D eigenvalue weighted by Gasteiger charge is 2.40. The Kier molecular flexibility index (Phi) is 7.39. The SMILES string of the molecule is C=CC(=O)N1C[C@@H](n2nc(C#Cc3cc4nc(C)[nH]c4cc3Cl)c(C(N)=O)c2NC)C[C@@H]1COC(F)(F)F. The number of benzene rings is 1. The number of fused-ring (bicyclic) bond motifs is 1. The first-order valence-corrected chi connectivity index (χ1v) is 11.7. The Morgan fingerprint density at radius 2 is 2.13 bits per heavy atom. The highest BCUT2D eigenvalue weighted by Crippen LogP contribution is 2.33. The number of hydrogen-bond acceptors (Lipinski definition) is 6. The number of hydrogen-bond donors (Lipinski definition) is 3. The van der Waals surface area contributed by atoms with Crippen LogP contribution in [0.3, 0.4) is 0 Å². The van der Waals surface area contributed by atoms with Crippen molar-refractivity contribution in [3.8, 4) is 11.8 Å². The number of anilines is 1. The van der Waals surface area contributed by atoms with Crippen LogP contribution >= 0.6 is 11.6 Å². The number of aromatic amines is 1. The molecule has 4 rings (SSSR count). The number of carbonyl (C=O) groups excluding carboxylic acids is 2. The van der Waals surface area contributed by atoms with E-state index in [1.165, 1.54) is 16.6 Å². The zero-order valence-corrected chi connectivity index (χ0v) is 21.1. The highest BCUT2D eigenvalue weighted by molar-refractivity contribution is 6.32. The number of aryl methyl sites for hydroxylation is 1. The Morgan fingerprint density at radius 1 is 1.39 bits per heavy atom. The number of nitrogens with zero attached hydrogens (tertiary/aromatic N) is 4. The van der Waals surface area contributed by atoms with Gasteiger partial charge in [-0.3, -0.25) is 14.3 Å². The number of rotatable bonds is 6. The molecule has 0 bridgehead atoms. The second kappa shape index (κ2) is 10.4. The summed E-state index contributed by atoms with van der Waals surface area (Å²) in [6, 6.07) is 1.86. The standard InChI is InChI=1S/C24H23ClF3N7O3/c1-4-20(36)34-10-14(8-15(34)11-38-24(26,27)28)35-23(30-3)21(22(29)37)17(33-35)6-5-13-7-18-19(9-16(13)25)32-12(2)31-18/h4,7,9,14-15,30H,1,8,10-11H2,2-3H3,(H2,29,37)(H,31,32)/t14-,15+/m0/s1. The number of carbonyl (C=O) groups is 2. The molecule has 0 aliphatic carbocycles. The van der Waals surface area contributed by atoms with Crippen LogP contribution < -0.4 is 11.1 Å². The summed E-state index contributed by atoms with van der Waals surface area (Å²) in [4.78, 5) is 33.4. The van der Waals surface area contributed by atoms with Crippen molar-refractivity contribution in [2.24, 2.45) is 5.73 Å². The van der Waals surface area contributed by atoms with E-state index < -0.39 is 36.9 Å². The number of primary amides is 1. The summed E-state index contributed by atoms with van der Waals surface area (Å²) in [7, 11) is 1.54. The lowest BCUT2D eigenvalue weighted by Crippen LogP contribution is -2.38. The van der Waals surface area contributed by atoms with E-state index in [9.17, 15) is 22.8 Å². The maximum atomic E-state index is 12.7. The maximum absolute atomic E-state index is 12.7. The number of aromatic nitrogens is 4. The van der Waals surface area contributed by atoms with Gasteiger partial charge in [0.05, 0.1) is 34.7 Å². The average Bonchev–Trinajstić information content (AvgIpc) is 3.53. The molecule has 1 aliphatic heterocycles. The molecule has 0 spiro atoms. The van der Waals surface area contributed by atoms with Gasteiger partial charge in [0.15, 0.2) is 5.69 Å². The first-order valence-electron chi connectivity index (χ1n) is 11.3. The molecule has 3 aromatic rings. The van der Waals surface area contributed by atoms with Gasteiger partial charge in [0.2, 0.25) is 5.91 Å². The van der Waals surface area contributed by atoms with E-state index in [0.29, 0.717) is 21.9 Å². The predicted molar refractivity (Wildman–Crippen MR) is 133 cm³/mol. The minimum absolute atomic E-state index is 0.000820. The van der Waals surface area contributed by atoms with E-state index >= 15 is 0 Å². The quantitative estimate of drug-likeness (QED) is 0.320. The molecule has 38 heavy (non-hydrogen) atoms. The highest BCUT2D eigenvalue weighted by atomic mass is 35.5.